The van der Waals surface area contributed by atoms with Crippen molar-refractivity contribution in [2.45, 2.75) is 53.3 Å². The van der Waals surface area contributed by atoms with Crippen molar-refractivity contribution >= 4 is 11.9 Å². The van der Waals surface area contributed by atoms with Crippen LogP contribution in [0.25, 0.3) is 0 Å². The minimum absolute atomic E-state index is 0.0800. The lowest BCUT2D eigenvalue weighted by Gasteiger charge is -2.28. The Balaban J connectivity index is 2.15. The summed E-state index contributed by atoms with van der Waals surface area (Å²) in [5.41, 5.74) is 0.185. The second-order valence-corrected chi connectivity index (χ2v) is 7.28. The second kappa shape index (κ2) is 6.92. The third-order valence-corrected chi connectivity index (χ3v) is 5.37. The second-order valence-electron chi connectivity index (χ2n) is 7.28. The van der Waals surface area contributed by atoms with Crippen molar-refractivity contribution in [3.63, 3.8) is 0 Å². The highest BCUT2D eigenvalue weighted by atomic mass is 19.4. The Labute approximate surface area is 150 Å². The molecule has 0 aliphatic carbocycles. The van der Waals surface area contributed by atoms with Gasteiger partial charge in [-0.3, -0.25) is 14.3 Å². The van der Waals surface area contributed by atoms with Gasteiger partial charge in [0.1, 0.15) is 6.54 Å². The third-order valence-electron chi connectivity index (χ3n) is 5.37. The van der Waals surface area contributed by atoms with Crippen LogP contribution < -0.4 is 0 Å². The Bertz CT molecular complexity index is 712. The molecule has 2 heterocycles. The molecule has 26 heavy (non-hydrogen) atoms. The molecule has 0 spiro atoms. The first-order valence-corrected chi connectivity index (χ1v) is 8.48. The van der Waals surface area contributed by atoms with E-state index in [0.717, 1.165) is 4.68 Å². The van der Waals surface area contributed by atoms with Crippen LogP contribution in [0.3, 0.4) is 0 Å². The van der Waals surface area contributed by atoms with Crippen LogP contribution in [0.2, 0.25) is 0 Å². The van der Waals surface area contributed by atoms with Crippen LogP contribution in [0, 0.1) is 25.2 Å². The molecule has 1 amide bonds. The number of aliphatic carboxylic acids is 1. The fraction of sp³-hybridized carbons (Fsp3) is 0.706. The number of likely N-dealkylation sites (tertiary alicyclic amines) is 1. The summed E-state index contributed by atoms with van der Waals surface area (Å²) in [7, 11) is 0. The molecule has 1 N–H and O–H groups in total. The smallest absolute Gasteiger partial charge is 0.408 e. The van der Waals surface area contributed by atoms with E-state index < -0.39 is 24.1 Å². The Morgan fingerprint density at radius 1 is 1.31 bits per heavy atom. The van der Waals surface area contributed by atoms with Gasteiger partial charge in [0, 0.05) is 24.3 Å². The number of carbonyl (C=O) groups excluding carboxylic acids is 1. The molecule has 1 saturated heterocycles. The minimum Gasteiger partial charge on any atom is -0.481 e. The molecule has 1 aliphatic rings. The first-order chi connectivity index (χ1) is 11.9. The average Bonchev–Trinajstić information content (AvgIpc) is 3.05. The highest BCUT2D eigenvalue weighted by Crippen LogP contribution is 2.38. The first-order valence-electron chi connectivity index (χ1n) is 8.48. The monoisotopic (exact) mass is 375 g/mol. The molecule has 6 nitrogen and oxygen atoms in total. The number of aromatic nitrogens is 2. The van der Waals surface area contributed by atoms with E-state index in [1.54, 1.807) is 6.92 Å². The molecule has 2 rings (SSSR count). The van der Waals surface area contributed by atoms with Gasteiger partial charge in [-0.2, -0.15) is 18.3 Å². The van der Waals surface area contributed by atoms with Gasteiger partial charge in [-0.05, 0) is 26.2 Å². The molecule has 0 radical (unpaired) electrons. The van der Waals surface area contributed by atoms with Crippen LogP contribution >= 0.6 is 0 Å². The fourth-order valence-corrected chi connectivity index (χ4v) is 3.52. The Kier molecular flexibility index (Phi) is 5.39. The average molecular weight is 375 g/mol. The van der Waals surface area contributed by atoms with E-state index in [1.165, 1.54) is 11.8 Å². The number of carboxylic acids is 1. The van der Waals surface area contributed by atoms with Crippen molar-refractivity contribution in [1.29, 1.82) is 0 Å². The zero-order valence-electron chi connectivity index (χ0n) is 15.4. The van der Waals surface area contributed by atoms with E-state index in [9.17, 15) is 27.9 Å². The first kappa shape index (κ1) is 20.3. The number of nitrogens with zero attached hydrogens (tertiary/aromatic N) is 3. The Hall–Kier alpha value is -2.06. The lowest BCUT2D eigenvalue weighted by molar-refractivity contribution is -0.151. The lowest BCUT2D eigenvalue weighted by Crippen LogP contribution is -2.41. The van der Waals surface area contributed by atoms with Gasteiger partial charge in [-0.15, -0.1) is 0 Å². The molecular formula is C17H24F3N3O3. The van der Waals surface area contributed by atoms with Crippen LogP contribution in [0.1, 0.15) is 37.2 Å². The molecule has 0 aromatic carbocycles. The SMILES string of the molecule is Cc1nn(CC(F)(F)F)c(C)c1CC(=O)N1CCC(C(=O)O)(C(C)C)C1. The van der Waals surface area contributed by atoms with E-state index in [1.807, 2.05) is 13.8 Å². The molecule has 1 aromatic rings. The topological polar surface area (TPSA) is 75.4 Å². The van der Waals surface area contributed by atoms with Crippen molar-refractivity contribution in [1.82, 2.24) is 14.7 Å². The summed E-state index contributed by atoms with van der Waals surface area (Å²) in [6.45, 7) is 5.96. The molecule has 146 valence electrons. The highest BCUT2D eigenvalue weighted by molar-refractivity contribution is 5.82. The number of hydrogen-bond acceptors (Lipinski definition) is 3. The largest absolute Gasteiger partial charge is 0.481 e. The normalized spacial score (nSPS) is 20.8. The molecule has 1 aromatic heterocycles. The minimum atomic E-state index is -4.39. The van der Waals surface area contributed by atoms with Gasteiger partial charge in [0.25, 0.3) is 0 Å². The van der Waals surface area contributed by atoms with E-state index >= 15 is 0 Å². The van der Waals surface area contributed by atoms with Gasteiger partial charge >= 0.3 is 12.1 Å². The summed E-state index contributed by atoms with van der Waals surface area (Å²) in [4.78, 5) is 25.8. The molecule has 9 heteroatoms. The van der Waals surface area contributed by atoms with Gasteiger partial charge in [0.15, 0.2) is 0 Å². The maximum atomic E-state index is 12.6. The number of halogens is 3. The number of rotatable bonds is 5. The van der Waals surface area contributed by atoms with Gasteiger partial charge in [0.05, 0.1) is 17.5 Å². The van der Waals surface area contributed by atoms with Gasteiger partial charge in [-0.1, -0.05) is 13.8 Å². The summed E-state index contributed by atoms with van der Waals surface area (Å²) in [6, 6.07) is 0. The summed E-state index contributed by atoms with van der Waals surface area (Å²) in [5.74, 6) is -1.34. The van der Waals surface area contributed by atoms with Gasteiger partial charge in [0.2, 0.25) is 5.91 Å². The molecule has 1 unspecified atom stereocenters. The summed E-state index contributed by atoms with van der Waals surface area (Å²) >= 11 is 0. The highest BCUT2D eigenvalue weighted by Gasteiger charge is 2.48. The molecule has 1 aliphatic heterocycles. The number of hydrogen-bond donors (Lipinski definition) is 1. The van der Waals surface area contributed by atoms with Gasteiger partial charge < -0.3 is 10.0 Å². The summed E-state index contributed by atoms with van der Waals surface area (Å²) in [6.07, 6.45) is -4.10. The fourth-order valence-electron chi connectivity index (χ4n) is 3.52. The van der Waals surface area contributed by atoms with E-state index in [-0.39, 0.29) is 24.8 Å². The third kappa shape index (κ3) is 3.86. The zero-order chi connectivity index (χ0) is 19.9. The Morgan fingerprint density at radius 2 is 1.92 bits per heavy atom. The van der Waals surface area contributed by atoms with Crippen LogP contribution in [-0.2, 0) is 22.6 Å². The molecular weight excluding hydrogens is 351 g/mol. The Morgan fingerprint density at radius 3 is 2.38 bits per heavy atom. The van der Waals surface area contributed by atoms with Crippen molar-refractivity contribution in [2.75, 3.05) is 13.1 Å². The predicted octanol–water partition coefficient (Wildman–Crippen LogP) is 2.56. The number of aryl methyl sites for hydroxylation is 1. The van der Waals surface area contributed by atoms with E-state index in [4.69, 9.17) is 0 Å². The van der Waals surface area contributed by atoms with Crippen LogP contribution in [0.15, 0.2) is 0 Å². The quantitative estimate of drug-likeness (QED) is 0.858. The summed E-state index contributed by atoms with van der Waals surface area (Å²) < 4.78 is 38.7. The molecule has 0 bridgehead atoms. The van der Waals surface area contributed by atoms with Crippen molar-refractivity contribution in [3.05, 3.63) is 17.0 Å². The van der Waals surface area contributed by atoms with Crippen molar-refractivity contribution < 1.29 is 27.9 Å². The maximum absolute atomic E-state index is 12.6. The predicted molar refractivity (Wildman–Crippen MR) is 87.6 cm³/mol. The zero-order valence-corrected chi connectivity index (χ0v) is 15.4. The van der Waals surface area contributed by atoms with E-state index in [0.29, 0.717) is 29.9 Å². The van der Waals surface area contributed by atoms with E-state index in [2.05, 4.69) is 5.10 Å². The number of carbonyl (C=O) groups is 2. The van der Waals surface area contributed by atoms with Crippen molar-refractivity contribution in [2.24, 2.45) is 11.3 Å². The van der Waals surface area contributed by atoms with Crippen LogP contribution in [-0.4, -0.2) is 50.9 Å². The molecule has 0 saturated carbocycles. The number of carboxylic acid groups (broad SMARTS) is 1. The van der Waals surface area contributed by atoms with Crippen LogP contribution in [0.4, 0.5) is 13.2 Å². The van der Waals surface area contributed by atoms with Crippen LogP contribution in [0.5, 0.6) is 0 Å². The summed E-state index contributed by atoms with van der Waals surface area (Å²) in [5, 5.41) is 13.5. The number of alkyl halides is 3. The van der Waals surface area contributed by atoms with Gasteiger partial charge in [-0.25, -0.2) is 0 Å². The standard InChI is InChI=1S/C17H24F3N3O3/c1-10(2)16(15(25)26)5-6-22(8-16)14(24)7-13-11(3)21-23(12(13)4)9-17(18,19)20/h10H,5-9H2,1-4H3,(H,25,26). The molecule has 1 atom stereocenters. The molecule has 1 fully saturated rings. The lowest BCUT2D eigenvalue weighted by atomic mass is 9.76. The number of amides is 1. The van der Waals surface area contributed by atoms with Crippen molar-refractivity contribution in [3.8, 4) is 0 Å². The maximum Gasteiger partial charge on any atom is 0.408 e.